The van der Waals surface area contributed by atoms with Crippen LogP contribution in [0.5, 0.6) is 0 Å². The smallest absolute Gasteiger partial charge is 0.389 e. The van der Waals surface area contributed by atoms with E-state index in [1.54, 1.807) is 25.1 Å². The summed E-state index contributed by atoms with van der Waals surface area (Å²) in [5, 5.41) is 9.35. The third-order valence-electron chi connectivity index (χ3n) is 2.28. The molecule has 6 heteroatoms. The summed E-state index contributed by atoms with van der Waals surface area (Å²) in [4.78, 5) is 1.11. The maximum atomic E-state index is 12.2. The number of aliphatic hydroxyl groups excluding tert-OH is 1. The van der Waals surface area contributed by atoms with Gasteiger partial charge in [-0.25, -0.2) is 0 Å². The Hall–Kier alpha value is -0.750. The molecule has 0 saturated carbocycles. The molecule has 0 heterocycles. The molecular formula is C11H13BrF3NO. The van der Waals surface area contributed by atoms with Crippen molar-refractivity contribution in [1.82, 2.24) is 0 Å². The predicted octanol–water partition coefficient (Wildman–Crippen LogP) is 3.50. The first-order valence-electron chi connectivity index (χ1n) is 4.96. The molecular weight excluding hydrogens is 299 g/mol. The molecule has 2 nitrogen and oxygen atoms in total. The van der Waals surface area contributed by atoms with Crippen LogP contribution < -0.4 is 4.90 Å². The minimum absolute atomic E-state index is 0.437. The van der Waals surface area contributed by atoms with Crippen molar-refractivity contribution in [1.29, 1.82) is 0 Å². The Morgan fingerprint density at radius 2 is 2.00 bits per heavy atom. The summed E-state index contributed by atoms with van der Waals surface area (Å²) in [6.45, 7) is 0.584. The molecule has 1 atom stereocenters. The number of hydrogen-bond acceptors (Lipinski definition) is 2. The topological polar surface area (TPSA) is 23.5 Å². The molecule has 0 amide bonds. The molecule has 1 aromatic rings. The second-order valence-corrected chi connectivity index (χ2v) is 4.71. The van der Waals surface area contributed by atoms with Gasteiger partial charge < -0.3 is 10.0 Å². The third kappa shape index (κ3) is 4.20. The van der Waals surface area contributed by atoms with E-state index >= 15 is 0 Å². The Kier molecular flexibility index (Phi) is 4.43. The molecule has 0 aromatic heterocycles. The van der Waals surface area contributed by atoms with Gasteiger partial charge in [-0.05, 0) is 40.5 Å². The van der Waals surface area contributed by atoms with Gasteiger partial charge in [0.2, 0.25) is 0 Å². The average molecular weight is 312 g/mol. The summed E-state index contributed by atoms with van der Waals surface area (Å²) in [7, 11) is 1.37. The minimum atomic E-state index is -4.24. The Balaban J connectivity index is 2.92. The molecule has 0 saturated heterocycles. The van der Waals surface area contributed by atoms with Crippen LogP contribution in [-0.4, -0.2) is 24.9 Å². The summed E-state index contributed by atoms with van der Waals surface area (Å²) < 4.78 is 37.2. The number of rotatable bonds is 3. The lowest BCUT2D eigenvalue weighted by molar-refractivity contribution is -0.119. The van der Waals surface area contributed by atoms with Gasteiger partial charge in [0.25, 0.3) is 0 Å². The molecule has 0 spiro atoms. The zero-order valence-corrected chi connectivity index (χ0v) is 11.0. The highest BCUT2D eigenvalue weighted by Gasteiger charge is 2.29. The highest BCUT2D eigenvalue weighted by molar-refractivity contribution is 9.10. The Morgan fingerprint density at radius 1 is 1.41 bits per heavy atom. The number of alkyl halides is 3. The van der Waals surface area contributed by atoms with E-state index in [-0.39, 0.29) is 0 Å². The quantitative estimate of drug-likeness (QED) is 0.923. The molecule has 17 heavy (non-hydrogen) atoms. The van der Waals surface area contributed by atoms with Crippen LogP contribution in [0.15, 0.2) is 22.7 Å². The molecule has 1 rings (SSSR count). The Labute approximate surface area is 106 Å². The molecule has 0 aliphatic heterocycles. The SMILES string of the molecule is CC(O)c1ccc(N(C)CC(F)(F)F)c(Br)c1. The molecule has 1 N–H and O–H groups in total. The molecule has 0 aliphatic carbocycles. The van der Waals surface area contributed by atoms with Gasteiger partial charge >= 0.3 is 6.18 Å². The number of benzene rings is 1. The summed E-state index contributed by atoms with van der Waals surface area (Å²) in [5.74, 6) is 0. The Bertz CT molecular complexity index is 393. The van der Waals surface area contributed by atoms with Crippen molar-refractivity contribution >= 4 is 21.6 Å². The van der Waals surface area contributed by atoms with Crippen LogP contribution in [0.1, 0.15) is 18.6 Å². The van der Waals surface area contributed by atoms with E-state index in [1.807, 2.05) is 0 Å². The normalized spacial score (nSPS) is 13.6. The summed E-state index contributed by atoms with van der Waals surface area (Å²) in [5.41, 5.74) is 1.09. The lowest BCUT2D eigenvalue weighted by Crippen LogP contribution is -2.31. The van der Waals surface area contributed by atoms with E-state index in [0.717, 1.165) is 4.90 Å². The van der Waals surface area contributed by atoms with Crippen LogP contribution in [-0.2, 0) is 0 Å². The fourth-order valence-corrected chi connectivity index (χ4v) is 2.15. The number of nitrogens with zero attached hydrogens (tertiary/aromatic N) is 1. The van der Waals surface area contributed by atoms with E-state index in [2.05, 4.69) is 15.9 Å². The van der Waals surface area contributed by atoms with Gasteiger partial charge in [-0.1, -0.05) is 6.07 Å². The molecule has 0 fully saturated rings. The van der Waals surface area contributed by atoms with E-state index in [4.69, 9.17) is 0 Å². The van der Waals surface area contributed by atoms with Crippen LogP contribution in [0.3, 0.4) is 0 Å². The van der Waals surface area contributed by atoms with Crippen LogP contribution in [0.2, 0.25) is 0 Å². The van der Waals surface area contributed by atoms with Gasteiger partial charge in [0.05, 0.1) is 11.8 Å². The van der Waals surface area contributed by atoms with E-state index < -0.39 is 18.8 Å². The van der Waals surface area contributed by atoms with Crippen molar-refractivity contribution in [2.75, 3.05) is 18.5 Å². The zero-order valence-electron chi connectivity index (χ0n) is 9.42. The van der Waals surface area contributed by atoms with Crippen LogP contribution in [0.25, 0.3) is 0 Å². The van der Waals surface area contributed by atoms with Gasteiger partial charge in [0, 0.05) is 11.5 Å². The fourth-order valence-electron chi connectivity index (χ4n) is 1.45. The second kappa shape index (κ2) is 5.27. The maximum Gasteiger partial charge on any atom is 0.405 e. The lowest BCUT2D eigenvalue weighted by atomic mass is 10.1. The van der Waals surface area contributed by atoms with E-state index in [9.17, 15) is 18.3 Å². The van der Waals surface area contributed by atoms with Gasteiger partial charge in [0.1, 0.15) is 6.54 Å². The maximum absolute atomic E-state index is 12.2. The van der Waals surface area contributed by atoms with E-state index in [1.165, 1.54) is 7.05 Å². The molecule has 0 radical (unpaired) electrons. The second-order valence-electron chi connectivity index (χ2n) is 3.86. The van der Waals surface area contributed by atoms with Crippen molar-refractivity contribution in [3.05, 3.63) is 28.2 Å². The minimum Gasteiger partial charge on any atom is -0.389 e. The summed E-state index contributed by atoms with van der Waals surface area (Å²) >= 11 is 3.20. The van der Waals surface area contributed by atoms with Crippen molar-refractivity contribution in [3.8, 4) is 0 Å². The Morgan fingerprint density at radius 3 is 2.41 bits per heavy atom. The fraction of sp³-hybridized carbons (Fsp3) is 0.455. The number of halogens is 4. The highest BCUT2D eigenvalue weighted by atomic mass is 79.9. The van der Waals surface area contributed by atoms with E-state index in [0.29, 0.717) is 15.7 Å². The van der Waals surface area contributed by atoms with Crippen molar-refractivity contribution in [3.63, 3.8) is 0 Å². The van der Waals surface area contributed by atoms with Gasteiger partial charge in [-0.2, -0.15) is 13.2 Å². The number of anilines is 1. The van der Waals surface area contributed by atoms with Gasteiger partial charge in [0.15, 0.2) is 0 Å². The molecule has 0 bridgehead atoms. The summed E-state index contributed by atoms with van der Waals surface area (Å²) in [6, 6.07) is 4.78. The van der Waals surface area contributed by atoms with Crippen molar-refractivity contribution in [2.45, 2.75) is 19.2 Å². The largest absolute Gasteiger partial charge is 0.405 e. The third-order valence-corrected chi connectivity index (χ3v) is 2.92. The monoisotopic (exact) mass is 311 g/mol. The lowest BCUT2D eigenvalue weighted by Gasteiger charge is -2.22. The zero-order chi connectivity index (χ0) is 13.2. The first kappa shape index (κ1) is 14.3. The molecule has 1 unspecified atom stereocenters. The molecule has 0 aliphatic rings. The average Bonchev–Trinajstić information content (AvgIpc) is 2.14. The first-order chi connectivity index (χ1) is 7.70. The molecule has 1 aromatic carbocycles. The van der Waals surface area contributed by atoms with Crippen LogP contribution >= 0.6 is 15.9 Å². The van der Waals surface area contributed by atoms with Crippen molar-refractivity contribution < 1.29 is 18.3 Å². The van der Waals surface area contributed by atoms with Gasteiger partial charge in [-0.15, -0.1) is 0 Å². The summed E-state index contributed by atoms with van der Waals surface area (Å²) in [6.07, 6.45) is -4.88. The van der Waals surface area contributed by atoms with Crippen LogP contribution in [0.4, 0.5) is 18.9 Å². The molecule has 96 valence electrons. The number of aliphatic hydroxyl groups is 1. The van der Waals surface area contributed by atoms with Crippen LogP contribution in [0, 0.1) is 0 Å². The van der Waals surface area contributed by atoms with Gasteiger partial charge in [-0.3, -0.25) is 0 Å². The van der Waals surface area contributed by atoms with Crippen molar-refractivity contribution in [2.24, 2.45) is 0 Å². The number of hydrogen-bond donors (Lipinski definition) is 1. The predicted molar refractivity (Wildman–Crippen MR) is 64.1 cm³/mol. The highest BCUT2D eigenvalue weighted by Crippen LogP contribution is 2.30. The first-order valence-corrected chi connectivity index (χ1v) is 5.75. The standard InChI is InChI=1S/C11H13BrF3NO/c1-7(17)8-3-4-10(9(12)5-8)16(2)6-11(13,14)15/h3-5,7,17H,6H2,1-2H3.